The minimum absolute atomic E-state index is 0.00346. The summed E-state index contributed by atoms with van der Waals surface area (Å²) >= 11 is 0. The van der Waals surface area contributed by atoms with Gasteiger partial charge in [-0.2, -0.15) is 0 Å². The molecular formula is C32H26F2N4O3. The smallest absolute Gasteiger partial charge is 0.251 e. The first-order chi connectivity index (χ1) is 19.7. The van der Waals surface area contributed by atoms with Crippen molar-refractivity contribution < 1.29 is 18.4 Å². The van der Waals surface area contributed by atoms with Crippen LogP contribution in [0.3, 0.4) is 0 Å². The van der Waals surface area contributed by atoms with Crippen LogP contribution in [0.4, 0.5) is 8.78 Å². The number of benzene rings is 3. The van der Waals surface area contributed by atoms with E-state index in [0.717, 1.165) is 17.0 Å². The molecule has 5 rings (SSSR count). The molecule has 206 valence electrons. The largest absolute Gasteiger partial charge is 0.366 e. The van der Waals surface area contributed by atoms with E-state index in [4.69, 9.17) is 5.73 Å². The van der Waals surface area contributed by atoms with Gasteiger partial charge in [-0.15, -0.1) is 0 Å². The zero-order valence-corrected chi connectivity index (χ0v) is 22.1. The van der Waals surface area contributed by atoms with Crippen LogP contribution >= 0.6 is 0 Å². The Morgan fingerprint density at radius 3 is 2.46 bits per heavy atom. The second kappa shape index (κ2) is 11.5. The number of hydrogen-bond donors (Lipinski definition) is 2. The third-order valence-corrected chi connectivity index (χ3v) is 6.85. The number of hydrogen-bond acceptors (Lipinski definition) is 4. The van der Waals surface area contributed by atoms with E-state index in [2.05, 4.69) is 10.3 Å². The van der Waals surface area contributed by atoms with Crippen molar-refractivity contribution in [3.8, 4) is 11.1 Å². The Morgan fingerprint density at radius 1 is 0.951 bits per heavy atom. The molecule has 41 heavy (non-hydrogen) atoms. The van der Waals surface area contributed by atoms with E-state index in [9.17, 15) is 23.2 Å². The van der Waals surface area contributed by atoms with E-state index < -0.39 is 29.5 Å². The predicted octanol–water partition coefficient (Wildman–Crippen LogP) is 4.85. The summed E-state index contributed by atoms with van der Waals surface area (Å²) in [7, 11) is 0. The van der Waals surface area contributed by atoms with Crippen LogP contribution < -0.4 is 16.6 Å². The molecule has 0 unspecified atom stereocenters. The molecule has 0 saturated carbocycles. The molecule has 0 radical (unpaired) electrons. The zero-order valence-electron chi connectivity index (χ0n) is 22.1. The molecule has 0 spiro atoms. The van der Waals surface area contributed by atoms with Crippen molar-refractivity contribution in [3.05, 3.63) is 135 Å². The lowest BCUT2D eigenvalue weighted by Crippen LogP contribution is -2.36. The first-order valence-electron chi connectivity index (χ1n) is 12.9. The molecule has 2 amide bonds. The number of aryl methyl sites for hydroxylation is 1. The maximum Gasteiger partial charge on any atom is 0.251 e. The van der Waals surface area contributed by atoms with Gasteiger partial charge in [-0.25, -0.2) is 8.78 Å². The average molecular weight is 553 g/mol. The van der Waals surface area contributed by atoms with Crippen LogP contribution in [0.5, 0.6) is 0 Å². The summed E-state index contributed by atoms with van der Waals surface area (Å²) in [6.45, 7) is 1.55. The van der Waals surface area contributed by atoms with Crippen LogP contribution in [0.1, 0.15) is 33.2 Å². The summed E-state index contributed by atoms with van der Waals surface area (Å²) in [6.07, 6.45) is 1.55. The highest BCUT2D eigenvalue weighted by Crippen LogP contribution is 2.30. The Hall–Kier alpha value is -5.18. The highest BCUT2D eigenvalue weighted by molar-refractivity contribution is 5.94. The average Bonchev–Trinajstić information content (AvgIpc) is 2.94. The topological polar surface area (TPSA) is 107 Å². The zero-order chi connectivity index (χ0) is 29.1. The van der Waals surface area contributed by atoms with Gasteiger partial charge in [0.15, 0.2) is 0 Å². The van der Waals surface area contributed by atoms with Gasteiger partial charge in [0.1, 0.15) is 18.2 Å². The molecule has 7 nitrogen and oxygen atoms in total. The van der Waals surface area contributed by atoms with Crippen molar-refractivity contribution in [2.24, 2.45) is 5.73 Å². The summed E-state index contributed by atoms with van der Waals surface area (Å²) in [5.41, 5.74) is 8.76. The molecule has 0 aliphatic heterocycles. The fourth-order valence-electron chi connectivity index (χ4n) is 5.01. The Kier molecular flexibility index (Phi) is 7.69. The molecule has 3 aromatic carbocycles. The maximum atomic E-state index is 14.1. The van der Waals surface area contributed by atoms with Crippen molar-refractivity contribution in [1.29, 1.82) is 0 Å². The highest BCUT2D eigenvalue weighted by Gasteiger charge is 2.22. The standard InChI is InChI=1S/C32H26F2N4O3/c1-19-12-30(40)38(28-10-3-2-8-25(19)28)18-29(39)37-27(15-20-13-23(33)17-24(34)14-20)31-26(9-5-11-36-31)21-6-4-7-22(16-21)32(35)41/h2-14,16-17,27H,15,18H2,1H3,(H2,35,41)(H,37,39)/t27-/m0/s1. The first kappa shape index (κ1) is 27.4. The van der Waals surface area contributed by atoms with Crippen LogP contribution in [0, 0.1) is 18.6 Å². The Labute approximate surface area is 234 Å². The summed E-state index contributed by atoms with van der Waals surface area (Å²) in [5.74, 6) is -2.60. The molecule has 9 heteroatoms. The summed E-state index contributed by atoms with van der Waals surface area (Å²) in [4.78, 5) is 42.7. The van der Waals surface area contributed by atoms with E-state index in [1.807, 2.05) is 19.1 Å². The minimum atomic E-state index is -0.843. The van der Waals surface area contributed by atoms with E-state index in [0.29, 0.717) is 27.9 Å². The number of pyridine rings is 2. The Morgan fingerprint density at radius 2 is 1.71 bits per heavy atom. The normalized spacial score (nSPS) is 11.8. The number of para-hydroxylation sites is 1. The van der Waals surface area contributed by atoms with E-state index in [1.54, 1.807) is 54.7 Å². The number of fused-ring (bicyclic) bond motifs is 1. The van der Waals surface area contributed by atoms with Crippen LogP contribution in [-0.4, -0.2) is 21.4 Å². The third-order valence-electron chi connectivity index (χ3n) is 6.85. The second-order valence-corrected chi connectivity index (χ2v) is 9.75. The van der Waals surface area contributed by atoms with Gasteiger partial charge < -0.3 is 11.1 Å². The Bertz CT molecular complexity index is 1830. The van der Waals surface area contributed by atoms with Crippen LogP contribution in [0.2, 0.25) is 0 Å². The number of carbonyl (C=O) groups excluding carboxylic acids is 2. The highest BCUT2D eigenvalue weighted by atomic mass is 19.1. The van der Waals surface area contributed by atoms with Crippen LogP contribution in [0.15, 0.2) is 95.9 Å². The third kappa shape index (κ3) is 6.04. The number of rotatable bonds is 8. The van der Waals surface area contributed by atoms with Gasteiger partial charge >= 0.3 is 0 Å². The molecule has 2 heterocycles. The van der Waals surface area contributed by atoms with E-state index in [-0.39, 0.29) is 24.1 Å². The number of aromatic nitrogens is 2. The first-order valence-corrected chi connectivity index (χ1v) is 12.9. The van der Waals surface area contributed by atoms with Gasteiger partial charge in [-0.3, -0.25) is 23.9 Å². The molecule has 0 bridgehead atoms. The van der Waals surface area contributed by atoms with Gasteiger partial charge in [0, 0.05) is 34.8 Å². The second-order valence-electron chi connectivity index (χ2n) is 9.75. The number of carbonyl (C=O) groups is 2. The van der Waals surface area contributed by atoms with Crippen molar-refractivity contribution >= 4 is 22.7 Å². The quantitative estimate of drug-likeness (QED) is 0.287. The van der Waals surface area contributed by atoms with Crippen LogP contribution in [-0.2, 0) is 17.8 Å². The molecule has 5 aromatic rings. The van der Waals surface area contributed by atoms with Gasteiger partial charge in [-0.1, -0.05) is 36.4 Å². The molecule has 0 aliphatic carbocycles. The van der Waals surface area contributed by atoms with E-state index >= 15 is 0 Å². The van der Waals surface area contributed by atoms with Crippen LogP contribution in [0.25, 0.3) is 22.0 Å². The molecule has 2 aromatic heterocycles. The molecule has 3 N–H and O–H groups in total. The molecule has 0 fully saturated rings. The molecular weight excluding hydrogens is 526 g/mol. The Balaban J connectivity index is 1.55. The summed E-state index contributed by atoms with van der Waals surface area (Å²) in [5, 5.41) is 3.77. The molecule has 0 aliphatic rings. The minimum Gasteiger partial charge on any atom is -0.366 e. The number of nitrogens with one attached hydrogen (secondary N) is 1. The van der Waals surface area contributed by atoms with Crippen molar-refractivity contribution in [2.45, 2.75) is 25.9 Å². The predicted molar refractivity (Wildman–Crippen MR) is 152 cm³/mol. The van der Waals surface area contributed by atoms with Gasteiger partial charge in [0.2, 0.25) is 11.8 Å². The maximum absolute atomic E-state index is 14.1. The monoisotopic (exact) mass is 552 g/mol. The van der Waals surface area contributed by atoms with Gasteiger partial charge in [-0.05, 0) is 66.4 Å². The number of primary amides is 1. The lowest BCUT2D eigenvalue weighted by Gasteiger charge is -2.22. The number of nitrogens with two attached hydrogens (primary N) is 1. The van der Waals surface area contributed by atoms with E-state index in [1.165, 1.54) is 22.8 Å². The van der Waals surface area contributed by atoms with Crippen molar-refractivity contribution in [2.75, 3.05) is 0 Å². The number of amides is 2. The SMILES string of the molecule is Cc1cc(=O)n(CC(=O)N[C@@H](Cc2cc(F)cc(F)c2)c2ncccc2-c2cccc(C(N)=O)c2)c2ccccc12. The summed E-state index contributed by atoms with van der Waals surface area (Å²) < 4.78 is 29.6. The molecule has 1 atom stereocenters. The summed E-state index contributed by atoms with van der Waals surface area (Å²) in [6, 6.07) is 21.2. The molecule has 0 saturated heterocycles. The lowest BCUT2D eigenvalue weighted by molar-refractivity contribution is -0.122. The number of nitrogens with zero attached hydrogens (tertiary/aromatic N) is 2. The van der Waals surface area contributed by atoms with Crippen molar-refractivity contribution in [1.82, 2.24) is 14.9 Å². The van der Waals surface area contributed by atoms with Gasteiger partial charge in [0.05, 0.1) is 17.3 Å². The number of halogens is 2. The lowest BCUT2D eigenvalue weighted by atomic mass is 9.94. The fraction of sp³-hybridized carbons (Fsp3) is 0.125. The van der Waals surface area contributed by atoms with Crippen molar-refractivity contribution in [3.63, 3.8) is 0 Å². The fourth-order valence-corrected chi connectivity index (χ4v) is 5.01. The van der Waals surface area contributed by atoms with Gasteiger partial charge in [0.25, 0.3) is 5.56 Å².